The molecule has 0 radical (unpaired) electrons. The van der Waals surface area contributed by atoms with Crippen LogP contribution >= 0.6 is 0 Å². The van der Waals surface area contributed by atoms with E-state index in [1.54, 1.807) is 23.1 Å². The molecule has 3 aromatic rings. The fraction of sp³-hybridized carbons (Fsp3) is 0.308. The van der Waals surface area contributed by atoms with E-state index in [9.17, 15) is 13.2 Å². The third-order valence-electron chi connectivity index (χ3n) is 6.17. The maximum atomic E-state index is 13.2. The first-order chi connectivity index (χ1) is 16.4. The van der Waals surface area contributed by atoms with Gasteiger partial charge in [-0.15, -0.1) is 0 Å². The first-order valence-electron chi connectivity index (χ1n) is 11.1. The lowest BCUT2D eigenvalue weighted by molar-refractivity contribution is -0.137. The summed E-state index contributed by atoms with van der Waals surface area (Å²) in [5, 5.41) is 4.55. The van der Waals surface area contributed by atoms with Crippen LogP contribution in [0.3, 0.4) is 0 Å². The molecule has 0 bridgehead atoms. The van der Waals surface area contributed by atoms with Crippen LogP contribution in [0.1, 0.15) is 29.0 Å². The number of hydrogen-bond donors (Lipinski definition) is 0. The molecule has 2 aliphatic rings. The van der Waals surface area contributed by atoms with Crippen LogP contribution in [0.15, 0.2) is 72.1 Å². The van der Waals surface area contributed by atoms with E-state index in [2.05, 4.69) is 10.1 Å². The Labute approximate surface area is 195 Å². The van der Waals surface area contributed by atoms with Gasteiger partial charge in [0.25, 0.3) is 0 Å². The Morgan fingerprint density at radius 1 is 1.12 bits per heavy atom. The van der Waals surface area contributed by atoms with E-state index in [1.807, 2.05) is 43.6 Å². The highest BCUT2D eigenvalue weighted by molar-refractivity contribution is 5.71. The smallest absolute Gasteiger partial charge is 0.379 e. The number of aromatic nitrogens is 2. The molecule has 1 saturated heterocycles. The predicted molar refractivity (Wildman–Crippen MR) is 123 cm³/mol. The van der Waals surface area contributed by atoms with Gasteiger partial charge in [-0.3, -0.25) is 4.99 Å². The fourth-order valence-electron chi connectivity index (χ4n) is 4.28. The molecule has 176 valence electrons. The molecule has 34 heavy (non-hydrogen) atoms. The Bertz CT molecular complexity index is 1230. The fourth-order valence-corrected chi connectivity index (χ4v) is 4.28. The molecular weight excluding hydrogens is 443 g/mol. The van der Waals surface area contributed by atoms with Crippen molar-refractivity contribution in [2.75, 3.05) is 13.2 Å². The molecule has 0 saturated carbocycles. The van der Waals surface area contributed by atoms with Gasteiger partial charge in [0.15, 0.2) is 0 Å². The third kappa shape index (κ3) is 4.69. The number of aryl methyl sites for hydroxylation is 1. The molecule has 0 spiro atoms. The summed E-state index contributed by atoms with van der Waals surface area (Å²) in [4.78, 5) is 4.30. The highest BCUT2D eigenvalue weighted by Crippen LogP contribution is 2.33. The lowest BCUT2D eigenvalue weighted by Crippen LogP contribution is -2.28. The van der Waals surface area contributed by atoms with Gasteiger partial charge in [-0.2, -0.15) is 18.3 Å². The SMILES string of the molecule is Cc1ccc(-c2cccc(C(F)(F)F)c2)cc1-n1cc(C2C=NC=CC2OC2CCOC2)cn1. The second kappa shape index (κ2) is 9.19. The van der Waals surface area contributed by atoms with Crippen molar-refractivity contribution >= 4 is 6.21 Å². The number of benzene rings is 2. The summed E-state index contributed by atoms with van der Waals surface area (Å²) in [5.74, 6) is -0.0914. The summed E-state index contributed by atoms with van der Waals surface area (Å²) in [5.41, 5.74) is 3.22. The molecule has 2 aliphatic heterocycles. The van der Waals surface area contributed by atoms with Gasteiger partial charge in [0.1, 0.15) is 0 Å². The summed E-state index contributed by atoms with van der Waals surface area (Å²) in [6, 6.07) is 10.9. The number of nitrogens with zero attached hydrogens (tertiary/aromatic N) is 3. The summed E-state index contributed by atoms with van der Waals surface area (Å²) in [6.07, 6.45) is 5.62. The lowest BCUT2D eigenvalue weighted by atomic mass is 9.95. The quantitative estimate of drug-likeness (QED) is 0.482. The number of halogens is 3. The second-order valence-corrected chi connectivity index (χ2v) is 8.55. The lowest BCUT2D eigenvalue weighted by Gasteiger charge is -2.25. The molecule has 1 aromatic heterocycles. The van der Waals surface area contributed by atoms with Gasteiger partial charge < -0.3 is 9.47 Å². The molecule has 8 heteroatoms. The van der Waals surface area contributed by atoms with Gasteiger partial charge in [0, 0.05) is 30.8 Å². The van der Waals surface area contributed by atoms with Crippen LogP contribution in [-0.4, -0.2) is 41.4 Å². The molecule has 0 amide bonds. The standard InChI is InChI=1S/C26H24F3N3O2/c1-17-5-6-19(18-3-2-4-21(11-18)26(27,28)29)12-24(17)32-15-20(13-31-32)23-14-30-9-7-25(23)34-22-8-10-33-16-22/h2-7,9,11-15,22-23,25H,8,10,16H2,1H3. The van der Waals surface area contributed by atoms with Crippen molar-refractivity contribution in [2.24, 2.45) is 4.99 Å². The number of hydrogen-bond acceptors (Lipinski definition) is 4. The van der Waals surface area contributed by atoms with Crippen molar-refractivity contribution in [1.29, 1.82) is 0 Å². The predicted octanol–water partition coefficient (Wildman–Crippen LogP) is 5.72. The topological polar surface area (TPSA) is 48.6 Å². The van der Waals surface area contributed by atoms with Crippen LogP contribution in [0.2, 0.25) is 0 Å². The van der Waals surface area contributed by atoms with Crippen molar-refractivity contribution in [1.82, 2.24) is 9.78 Å². The summed E-state index contributed by atoms with van der Waals surface area (Å²) in [7, 11) is 0. The van der Waals surface area contributed by atoms with E-state index in [-0.39, 0.29) is 18.1 Å². The van der Waals surface area contributed by atoms with Crippen LogP contribution < -0.4 is 0 Å². The minimum atomic E-state index is -4.39. The van der Waals surface area contributed by atoms with Gasteiger partial charge >= 0.3 is 6.18 Å². The molecular formula is C26H24F3N3O2. The summed E-state index contributed by atoms with van der Waals surface area (Å²) < 4.78 is 53.0. The Morgan fingerprint density at radius 3 is 2.76 bits per heavy atom. The molecule has 5 nitrogen and oxygen atoms in total. The average molecular weight is 467 g/mol. The highest BCUT2D eigenvalue weighted by Gasteiger charge is 2.31. The van der Waals surface area contributed by atoms with Crippen molar-refractivity contribution in [3.63, 3.8) is 0 Å². The van der Waals surface area contributed by atoms with Crippen LogP contribution in [0.25, 0.3) is 16.8 Å². The van der Waals surface area contributed by atoms with Crippen molar-refractivity contribution in [3.8, 4) is 16.8 Å². The van der Waals surface area contributed by atoms with Crippen LogP contribution in [0.5, 0.6) is 0 Å². The zero-order chi connectivity index (χ0) is 23.7. The first kappa shape index (κ1) is 22.6. The number of alkyl halides is 3. The molecule has 3 atom stereocenters. The van der Waals surface area contributed by atoms with Crippen LogP contribution in [0.4, 0.5) is 13.2 Å². The number of ether oxygens (including phenoxy) is 2. The molecule has 1 fully saturated rings. The highest BCUT2D eigenvalue weighted by atomic mass is 19.4. The van der Waals surface area contributed by atoms with E-state index in [4.69, 9.17) is 9.47 Å². The largest absolute Gasteiger partial charge is 0.416 e. The Kier molecular flexibility index (Phi) is 6.10. The van der Waals surface area contributed by atoms with Crippen LogP contribution in [0, 0.1) is 6.92 Å². The van der Waals surface area contributed by atoms with E-state index < -0.39 is 11.7 Å². The van der Waals surface area contributed by atoms with Crippen LogP contribution in [-0.2, 0) is 15.7 Å². The molecule has 5 rings (SSSR count). The minimum absolute atomic E-state index is 0.0603. The summed E-state index contributed by atoms with van der Waals surface area (Å²) >= 11 is 0. The average Bonchev–Trinajstić information content (AvgIpc) is 3.52. The van der Waals surface area contributed by atoms with Crippen molar-refractivity contribution < 1.29 is 22.6 Å². The summed E-state index contributed by atoms with van der Waals surface area (Å²) in [6.45, 7) is 3.25. The van der Waals surface area contributed by atoms with Gasteiger partial charge in [-0.1, -0.05) is 24.3 Å². The molecule has 0 aliphatic carbocycles. The van der Waals surface area contributed by atoms with E-state index in [0.717, 1.165) is 29.3 Å². The van der Waals surface area contributed by atoms with E-state index in [1.165, 1.54) is 12.1 Å². The molecule has 3 heterocycles. The zero-order valence-electron chi connectivity index (χ0n) is 18.6. The van der Waals surface area contributed by atoms with Crippen molar-refractivity contribution in [3.05, 3.63) is 83.8 Å². The van der Waals surface area contributed by atoms with E-state index in [0.29, 0.717) is 24.3 Å². The van der Waals surface area contributed by atoms with Crippen molar-refractivity contribution in [2.45, 2.75) is 37.6 Å². The molecule has 2 aromatic carbocycles. The number of aliphatic imine (C=N–C) groups is 1. The van der Waals surface area contributed by atoms with Gasteiger partial charge in [-0.05, 0) is 54.3 Å². The Hall–Kier alpha value is -3.23. The Morgan fingerprint density at radius 2 is 1.97 bits per heavy atom. The molecule has 3 unspecified atom stereocenters. The first-order valence-corrected chi connectivity index (χ1v) is 11.1. The van der Waals surface area contributed by atoms with Gasteiger partial charge in [0.2, 0.25) is 0 Å². The maximum absolute atomic E-state index is 13.2. The number of rotatable bonds is 5. The van der Waals surface area contributed by atoms with Gasteiger partial charge in [-0.25, -0.2) is 4.68 Å². The Balaban J connectivity index is 1.43. The maximum Gasteiger partial charge on any atom is 0.416 e. The van der Waals surface area contributed by atoms with E-state index >= 15 is 0 Å². The minimum Gasteiger partial charge on any atom is -0.379 e. The third-order valence-corrected chi connectivity index (χ3v) is 6.17. The normalized spacial score (nSPS) is 22.4. The zero-order valence-corrected chi connectivity index (χ0v) is 18.6. The second-order valence-electron chi connectivity index (χ2n) is 8.55. The monoisotopic (exact) mass is 467 g/mol. The molecule has 0 N–H and O–H groups in total. The van der Waals surface area contributed by atoms with Gasteiger partial charge in [0.05, 0.1) is 42.2 Å².